The Morgan fingerprint density at radius 1 is 0.864 bits per heavy atom. The second kappa shape index (κ2) is 10.9. The fourth-order valence-electron chi connectivity index (χ4n) is 1.69. The zero-order valence-corrected chi connectivity index (χ0v) is 14.3. The van der Waals surface area contributed by atoms with Crippen LogP contribution < -0.4 is 0 Å². The van der Waals surface area contributed by atoms with Gasteiger partial charge in [-0.1, -0.05) is 0 Å². The lowest BCUT2D eigenvalue weighted by Gasteiger charge is -2.38. The summed E-state index contributed by atoms with van der Waals surface area (Å²) in [5, 5.41) is 31.0. The molecular formula is C13H29BO8. The first-order valence-corrected chi connectivity index (χ1v) is 7.13. The Hall–Kier alpha value is -0.705. The van der Waals surface area contributed by atoms with Crippen LogP contribution in [-0.2, 0) is 19.0 Å². The molecule has 0 aromatic rings. The van der Waals surface area contributed by atoms with Crippen LogP contribution in [0.5, 0.6) is 0 Å². The van der Waals surface area contributed by atoms with Crippen molar-refractivity contribution >= 4 is 13.3 Å². The molecule has 4 N–H and O–H groups in total. The summed E-state index contributed by atoms with van der Waals surface area (Å²) in [6, 6.07) is 0. The van der Waals surface area contributed by atoms with Crippen molar-refractivity contribution in [2.45, 2.75) is 78.7 Å². The van der Waals surface area contributed by atoms with Gasteiger partial charge in [0.2, 0.25) is 0 Å². The molecule has 0 aliphatic heterocycles. The lowest BCUT2D eigenvalue weighted by Crippen LogP contribution is -2.56. The minimum atomic E-state index is -2.17. The number of carboxylic acid groups (broad SMARTS) is 1. The van der Waals surface area contributed by atoms with E-state index in [2.05, 4.69) is 0 Å². The molecule has 0 fully saturated rings. The molecule has 0 amide bonds. The number of rotatable bonds is 8. The number of ether oxygens (including phenoxy) is 3. The molecule has 0 saturated heterocycles. The van der Waals surface area contributed by atoms with Gasteiger partial charge < -0.3 is 34.4 Å². The standard InChI is InChI=1S/C13H26O5.BH3O3/c1-8(2)16-11(7)13(12(14)15,17-9(3)4)18-10(5)6;2-1(3)4/h8-11H,1-7H3,(H,14,15);2-4H. The topological polar surface area (TPSA) is 126 Å². The van der Waals surface area contributed by atoms with Gasteiger partial charge in [-0.2, -0.15) is 0 Å². The largest absolute Gasteiger partial charge is 0.631 e. The number of hydrogen-bond acceptors (Lipinski definition) is 7. The van der Waals surface area contributed by atoms with E-state index in [1.807, 2.05) is 13.8 Å². The first-order valence-electron chi connectivity index (χ1n) is 7.13. The molecular weight excluding hydrogens is 295 g/mol. The quantitative estimate of drug-likeness (QED) is 0.373. The number of carboxylic acids is 1. The molecule has 0 aromatic heterocycles. The van der Waals surface area contributed by atoms with Crippen LogP contribution in [-0.4, -0.2) is 63.7 Å². The molecule has 8 nitrogen and oxygen atoms in total. The van der Waals surface area contributed by atoms with E-state index in [1.165, 1.54) is 0 Å². The first kappa shape index (κ1) is 23.6. The predicted molar refractivity (Wildman–Crippen MR) is 80.9 cm³/mol. The normalized spacial score (nSPS) is 13.1. The summed E-state index contributed by atoms with van der Waals surface area (Å²) in [5.74, 6) is -2.94. The van der Waals surface area contributed by atoms with Crippen molar-refractivity contribution in [3.05, 3.63) is 0 Å². The molecule has 1 unspecified atom stereocenters. The van der Waals surface area contributed by atoms with Gasteiger partial charge in [0.15, 0.2) is 0 Å². The van der Waals surface area contributed by atoms with E-state index in [1.54, 1.807) is 34.6 Å². The molecule has 22 heavy (non-hydrogen) atoms. The van der Waals surface area contributed by atoms with E-state index in [-0.39, 0.29) is 18.3 Å². The van der Waals surface area contributed by atoms with Gasteiger partial charge in [0.05, 0.1) is 18.3 Å². The van der Waals surface area contributed by atoms with Crippen LogP contribution in [0.4, 0.5) is 0 Å². The van der Waals surface area contributed by atoms with Gasteiger partial charge in [-0.25, -0.2) is 4.79 Å². The first-order chi connectivity index (χ1) is 9.85. The van der Waals surface area contributed by atoms with Gasteiger partial charge in [-0.05, 0) is 48.5 Å². The zero-order chi connectivity index (χ0) is 18.1. The molecule has 0 heterocycles. The van der Waals surface area contributed by atoms with Gasteiger partial charge in [0, 0.05) is 0 Å². The maximum atomic E-state index is 11.6. The Balaban J connectivity index is 0. The summed E-state index contributed by atoms with van der Waals surface area (Å²) < 4.78 is 16.6. The second-order valence-corrected chi connectivity index (χ2v) is 5.48. The predicted octanol–water partition coefficient (Wildman–Crippen LogP) is 0.379. The Kier molecular flexibility index (Phi) is 11.7. The van der Waals surface area contributed by atoms with Crippen molar-refractivity contribution in [1.82, 2.24) is 0 Å². The third-order valence-electron chi connectivity index (χ3n) is 2.13. The summed E-state index contributed by atoms with van der Waals surface area (Å²) >= 11 is 0. The molecule has 0 bridgehead atoms. The monoisotopic (exact) mass is 324 g/mol. The molecule has 0 rings (SSSR count). The maximum Gasteiger partial charge on any atom is 0.631 e. The van der Waals surface area contributed by atoms with Crippen LogP contribution in [0.1, 0.15) is 48.5 Å². The van der Waals surface area contributed by atoms with Crippen molar-refractivity contribution in [2.24, 2.45) is 0 Å². The van der Waals surface area contributed by atoms with E-state index >= 15 is 0 Å². The lowest BCUT2D eigenvalue weighted by molar-refractivity contribution is -0.307. The maximum absolute atomic E-state index is 11.6. The molecule has 0 saturated carbocycles. The molecule has 1 atom stereocenters. The van der Waals surface area contributed by atoms with Gasteiger partial charge in [0.25, 0.3) is 5.79 Å². The molecule has 0 spiro atoms. The van der Waals surface area contributed by atoms with E-state index in [0.717, 1.165) is 0 Å². The van der Waals surface area contributed by atoms with Gasteiger partial charge in [-0.3, -0.25) is 0 Å². The third-order valence-corrected chi connectivity index (χ3v) is 2.13. The summed E-state index contributed by atoms with van der Waals surface area (Å²) in [5.41, 5.74) is 0. The van der Waals surface area contributed by atoms with Crippen molar-refractivity contribution < 1.29 is 39.2 Å². The number of carbonyl (C=O) groups is 1. The average molecular weight is 324 g/mol. The Morgan fingerprint density at radius 3 is 1.36 bits per heavy atom. The highest BCUT2D eigenvalue weighted by molar-refractivity contribution is 6.30. The molecule has 0 aliphatic rings. The van der Waals surface area contributed by atoms with Crippen LogP contribution in [0.15, 0.2) is 0 Å². The van der Waals surface area contributed by atoms with Gasteiger partial charge in [-0.15, -0.1) is 0 Å². The van der Waals surface area contributed by atoms with Crippen LogP contribution in [0.2, 0.25) is 0 Å². The third kappa shape index (κ3) is 10.1. The highest BCUT2D eigenvalue weighted by Crippen LogP contribution is 2.26. The van der Waals surface area contributed by atoms with Crippen molar-refractivity contribution in [3.63, 3.8) is 0 Å². The minimum Gasteiger partial charge on any atom is -0.477 e. The fourth-order valence-corrected chi connectivity index (χ4v) is 1.69. The molecule has 0 aromatic carbocycles. The fraction of sp³-hybridized carbons (Fsp3) is 0.923. The van der Waals surface area contributed by atoms with Gasteiger partial charge in [0.1, 0.15) is 6.10 Å². The Labute approximate surface area is 132 Å². The zero-order valence-electron chi connectivity index (χ0n) is 14.3. The second-order valence-electron chi connectivity index (χ2n) is 5.48. The number of aliphatic carboxylic acids is 1. The summed E-state index contributed by atoms with van der Waals surface area (Å²) in [6.45, 7) is 12.4. The minimum absolute atomic E-state index is 0.106. The number of hydrogen-bond donors (Lipinski definition) is 4. The van der Waals surface area contributed by atoms with Crippen LogP contribution in [0.3, 0.4) is 0 Å². The van der Waals surface area contributed by atoms with E-state index in [0.29, 0.717) is 0 Å². The van der Waals surface area contributed by atoms with Crippen LogP contribution in [0.25, 0.3) is 0 Å². The summed E-state index contributed by atoms with van der Waals surface area (Å²) in [6.07, 6.45) is -1.37. The van der Waals surface area contributed by atoms with Crippen LogP contribution >= 0.6 is 0 Å². The highest BCUT2D eigenvalue weighted by Gasteiger charge is 2.49. The molecule has 132 valence electrons. The molecule has 9 heteroatoms. The van der Waals surface area contributed by atoms with Crippen molar-refractivity contribution in [2.75, 3.05) is 0 Å². The van der Waals surface area contributed by atoms with Crippen molar-refractivity contribution in [3.8, 4) is 0 Å². The van der Waals surface area contributed by atoms with Gasteiger partial charge >= 0.3 is 13.3 Å². The van der Waals surface area contributed by atoms with E-state index in [9.17, 15) is 9.90 Å². The Bertz CT molecular complexity index is 294. The molecule has 0 radical (unpaired) electrons. The van der Waals surface area contributed by atoms with Crippen LogP contribution in [0, 0.1) is 0 Å². The smallest absolute Gasteiger partial charge is 0.477 e. The van der Waals surface area contributed by atoms with E-state index in [4.69, 9.17) is 29.3 Å². The van der Waals surface area contributed by atoms with Crippen molar-refractivity contribution in [1.29, 1.82) is 0 Å². The SMILES string of the molecule is CC(C)OC(C)C(OC(C)C)(OC(C)C)C(=O)O.OB(O)O. The summed E-state index contributed by atoms with van der Waals surface area (Å²) in [4.78, 5) is 11.6. The lowest BCUT2D eigenvalue weighted by atomic mass is 10.1. The van der Waals surface area contributed by atoms with E-state index < -0.39 is 25.2 Å². The highest BCUT2D eigenvalue weighted by atomic mass is 16.7. The summed E-state index contributed by atoms with van der Waals surface area (Å²) in [7, 11) is -2.17. The average Bonchev–Trinajstić information content (AvgIpc) is 2.24. The Morgan fingerprint density at radius 2 is 1.18 bits per heavy atom. The molecule has 0 aliphatic carbocycles.